The average Bonchev–Trinajstić information content (AvgIpc) is 3.29. The van der Waals surface area contributed by atoms with Gasteiger partial charge in [-0.15, -0.1) is 0 Å². The summed E-state index contributed by atoms with van der Waals surface area (Å²) in [7, 11) is 0. The Morgan fingerprint density at radius 1 is 0.833 bits per heavy atom. The second kappa shape index (κ2) is 8.98. The molecule has 0 N–H and O–H groups in total. The molecule has 1 atom stereocenters. The second-order valence-corrected chi connectivity index (χ2v) is 8.31. The number of nitrogens with zero attached hydrogens (tertiary/aromatic N) is 6. The molecule has 2 aliphatic heterocycles. The molecule has 1 aromatic carbocycles. The molecule has 6 heteroatoms. The van der Waals surface area contributed by atoms with E-state index in [0.717, 1.165) is 45.2 Å². The van der Waals surface area contributed by atoms with Gasteiger partial charge in [-0.2, -0.15) is 0 Å². The summed E-state index contributed by atoms with van der Waals surface area (Å²) in [5, 5.41) is 0. The monoisotopic (exact) mass is 402 g/mol. The van der Waals surface area contributed by atoms with Crippen molar-refractivity contribution in [2.24, 2.45) is 0 Å². The Hall–Kier alpha value is -2.70. The Kier molecular flexibility index (Phi) is 5.77. The van der Waals surface area contributed by atoms with Gasteiger partial charge < -0.3 is 4.90 Å². The highest BCUT2D eigenvalue weighted by Crippen LogP contribution is 2.22. The van der Waals surface area contributed by atoms with Crippen LogP contribution >= 0.6 is 0 Å². The standard InChI is InChI=1S/C24H30N6/c1-2-7-21(8-3-1)28-15-17-29(18-16-28)22-9-4-13-27(19-22)20-23-10-5-14-30(23)24-25-11-6-12-26-24/h1-3,5-8,10-12,14,22H,4,9,13,15-20H2/t22-/m0/s1. The van der Waals surface area contributed by atoms with E-state index >= 15 is 0 Å². The maximum absolute atomic E-state index is 4.42. The highest BCUT2D eigenvalue weighted by atomic mass is 15.3. The lowest BCUT2D eigenvalue weighted by Gasteiger charge is -2.44. The summed E-state index contributed by atoms with van der Waals surface area (Å²) in [5.41, 5.74) is 2.61. The predicted molar refractivity (Wildman–Crippen MR) is 120 cm³/mol. The molecule has 30 heavy (non-hydrogen) atoms. The molecule has 6 nitrogen and oxygen atoms in total. The van der Waals surface area contributed by atoms with Crippen LogP contribution in [0.4, 0.5) is 5.69 Å². The zero-order chi connectivity index (χ0) is 20.2. The minimum absolute atomic E-state index is 0.660. The van der Waals surface area contributed by atoms with Gasteiger partial charge in [0.05, 0.1) is 0 Å². The smallest absolute Gasteiger partial charge is 0.233 e. The highest BCUT2D eigenvalue weighted by molar-refractivity contribution is 5.46. The highest BCUT2D eigenvalue weighted by Gasteiger charge is 2.28. The Morgan fingerprint density at radius 3 is 2.43 bits per heavy atom. The summed E-state index contributed by atoms with van der Waals surface area (Å²) < 4.78 is 2.11. The summed E-state index contributed by atoms with van der Waals surface area (Å²) in [5.74, 6) is 0.753. The van der Waals surface area contributed by atoms with E-state index in [1.165, 1.54) is 30.8 Å². The van der Waals surface area contributed by atoms with Crippen LogP contribution in [-0.2, 0) is 6.54 Å². The van der Waals surface area contributed by atoms with E-state index in [0.29, 0.717) is 6.04 Å². The van der Waals surface area contributed by atoms with Crippen LogP contribution < -0.4 is 4.90 Å². The molecule has 2 aromatic heterocycles. The molecule has 2 saturated heterocycles. The lowest BCUT2D eigenvalue weighted by Crippen LogP contribution is -2.55. The van der Waals surface area contributed by atoms with Crippen molar-refractivity contribution in [1.29, 1.82) is 0 Å². The molecular weight excluding hydrogens is 372 g/mol. The third kappa shape index (κ3) is 4.25. The van der Waals surface area contributed by atoms with Gasteiger partial charge in [-0.3, -0.25) is 14.4 Å². The first-order valence-electron chi connectivity index (χ1n) is 11.1. The van der Waals surface area contributed by atoms with Crippen LogP contribution in [0.15, 0.2) is 67.1 Å². The van der Waals surface area contributed by atoms with Gasteiger partial charge in [0.25, 0.3) is 0 Å². The van der Waals surface area contributed by atoms with Gasteiger partial charge in [0, 0.05) is 75.3 Å². The van der Waals surface area contributed by atoms with Crippen LogP contribution in [0.2, 0.25) is 0 Å². The number of aromatic nitrogens is 3. The van der Waals surface area contributed by atoms with Crippen molar-refractivity contribution in [2.45, 2.75) is 25.4 Å². The van der Waals surface area contributed by atoms with Crippen molar-refractivity contribution >= 4 is 5.69 Å². The fourth-order valence-corrected chi connectivity index (χ4v) is 4.84. The van der Waals surface area contributed by atoms with Crippen LogP contribution in [-0.4, -0.2) is 69.6 Å². The first-order valence-corrected chi connectivity index (χ1v) is 11.1. The van der Waals surface area contributed by atoms with Gasteiger partial charge in [-0.25, -0.2) is 9.97 Å². The first kappa shape index (κ1) is 19.3. The molecule has 2 fully saturated rings. The van der Waals surface area contributed by atoms with Crippen LogP contribution in [0.1, 0.15) is 18.5 Å². The van der Waals surface area contributed by atoms with E-state index in [2.05, 4.69) is 77.9 Å². The Balaban J connectivity index is 1.19. The van der Waals surface area contributed by atoms with E-state index in [1.807, 2.05) is 6.07 Å². The van der Waals surface area contributed by atoms with E-state index < -0.39 is 0 Å². The molecule has 3 aromatic rings. The summed E-state index contributed by atoms with van der Waals surface area (Å²) in [6.07, 6.45) is 8.25. The normalized spacial score (nSPS) is 21.1. The van der Waals surface area contributed by atoms with Crippen LogP contribution in [0.3, 0.4) is 0 Å². The fourth-order valence-electron chi connectivity index (χ4n) is 4.84. The van der Waals surface area contributed by atoms with Gasteiger partial charge in [0.15, 0.2) is 0 Å². The minimum Gasteiger partial charge on any atom is -0.369 e. The summed E-state index contributed by atoms with van der Waals surface area (Å²) in [6, 6.07) is 17.6. The van der Waals surface area contributed by atoms with Crippen molar-refractivity contribution in [3.63, 3.8) is 0 Å². The SMILES string of the molecule is c1ccc(N2CCN([C@H]3CCCN(Cc4cccn4-c4ncccn4)C3)CC2)cc1. The number of hydrogen-bond acceptors (Lipinski definition) is 5. The first-order chi connectivity index (χ1) is 14.9. The lowest BCUT2D eigenvalue weighted by molar-refractivity contribution is 0.0878. The predicted octanol–water partition coefficient (Wildman–Crippen LogP) is 3.05. The van der Waals surface area contributed by atoms with Crippen molar-refractivity contribution in [3.05, 3.63) is 72.8 Å². The zero-order valence-electron chi connectivity index (χ0n) is 17.5. The molecule has 2 aliphatic rings. The van der Waals surface area contributed by atoms with Crippen LogP contribution in [0.5, 0.6) is 0 Å². The molecule has 0 amide bonds. The largest absolute Gasteiger partial charge is 0.369 e. The number of hydrogen-bond donors (Lipinski definition) is 0. The number of benzene rings is 1. The minimum atomic E-state index is 0.660. The number of piperazine rings is 1. The van der Waals surface area contributed by atoms with Crippen LogP contribution in [0, 0.1) is 0 Å². The molecule has 0 aliphatic carbocycles. The topological polar surface area (TPSA) is 40.4 Å². The summed E-state index contributed by atoms with van der Waals surface area (Å²) in [6.45, 7) is 7.81. The van der Waals surface area contributed by atoms with Crippen molar-refractivity contribution in [2.75, 3.05) is 44.2 Å². The lowest BCUT2D eigenvalue weighted by atomic mass is 10.0. The molecule has 0 radical (unpaired) electrons. The Morgan fingerprint density at radius 2 is 1.63 bits per heavy atom. The third-order valence-electron chi connectivity index (χ3n) is 6.42. The molecular formula is C24H30N6. The maximum Gasteiger partial charge on any atom is 0.233 e. The van der Waals surface area contributed by atoms with Gasteiger partial charge in [0.2, 0.25) is 5.95 Å². The van der Waals surface area contributed by atoms with E-state index in [-0.39, 0.29) is 0 Å². The van der Waals surface area contributed by atoms with E-state index in [1.54, 1.807) is 12.4 Å². The van der Waals surface area contributed by atoms with E-state index in [9.17, 15) is 0 Å². The Labute approximate surface area is 178 Å². The molecule has 156 valence electrons. The second-order valence-electron chi connectivity index (χ2n) is 8.31. The molecule has 0 bridgehead atoms. The van der Waals surface area contributed by atoms with Crippen LogP contribution in [0.25, 0.3) is 5.95 Å². The van der Waals surface area contributed by atoms with Gasteiger partial charge >= 0.3 is 0 Å². The van der Waals surface area contributed by atoms with Gasteiger partial charge in [0.1, 0.15) is 0 Å². The van der Waals surface area contributed by atoms with Crippen molar-refractivity contribution in [3.8, 4) is 5.95 Å². The van der Waals surface area contributed by atoms with Gasteiger partial charge in [-0.1, -0.05) is 18.2 Å². The fraction of sp³-hybridized carbons (Fsp3) is 0.417. The number of piperidine rings is 1. The number of rotatable bonds is 5. The molecule has 0 spiro atoms. The van der Waals surface area contributed by atoms with Crippen molar-refractivity contribution < 1.29 is 0 Å². The summed E-state index contributed by atoms with van der Waals surface area (Å²) >= 11 is 0. The number of anilines is 1. The zero-order valence-corrected chi connectivity index (χ0v) is 17.5. The maximum atomic E-state index is 4.42. The molecule has 0 unspecified atom stereocenters. The van der Waals surface area contributed by atoms with E-state index in [4.69, 9.17) is 0 Å². The summed E-state index contributed by atoms with van der Waals surface area (Å²) in [4.78, 5) is 16.7. The average molecular weight is 403 g/mol. The van der Waals surface area contributed by atoms with Gasteiger partial charge in [-0.05, 0) is 49.7 Å². The van der Waals surface area contributed by atoms with Crippen molar-refractivity contribution in [1.82, 2.24) is 24.3 Å². The quantitative estimate of drug-likeness (QED) is 0.656. The Bertz CT molecular complexity index is 917. The molecule has 0 saturated carbocycles. The molecule has 4 heterocycles. The number of para-hydroxylation sites is 1. The number of likely N-dealkylation sites (tertiary alicyclic amines) is 1. The third-order valence-corrected chi connectivity index (χ3v) is 6.42. The molecule has 5 rings (SSSR count).